The number of aryl methyl sites for hydroxylation is 2. The molecule has 4 heteroatoms. The van der Waals surface area contributed by atoms with Crippen LogP contribution in [0.4, 0.5) is 0 Å². The lowest BCUT2D eigenvalue weighted by molar-refractivity contribution is 0.267. The Balaban J connectivity index is 2.50. The maximum atomic E-state index is 9.05. The van der Waals surface area contributed by atoms with Crippen molar-refractivity contribution in [2.75, 3.05) is 0 Å². The summed E-state index contributed by atoms with van der Waals surface area (Å²) in [6.45, 7) is 4.06. The van der Waals surface area contributed by atoms with Crippen molar-refractivity contribution in [1.82, 2.24) is 14.8 Å². The van der Waals surface area contributed by atoms with Gasteiger partial charge in [-0.15, -0.1) is 10.2 Å². The summed E-state index contributed by atoms with van der Waals surface area (Å²) in [6.07, 6.45) is 0. The van der Waals surface area contributed by atoms with Crippen molar-refractivity contribution in [3.8, 4) is 11.4 Å². The van der Waals surface area contributed by atoms with Crippen molar-refractivity contribution in [2.24, 2.45) is 7.05 Å². The second kappa shape index (κ2) is 4.06. The highest BCUT2D eigenvalue weighted by atomic mass is 16.3. The Morgan fingerprint density at radius 1 is 1.19 bits per heavy atom. The Bertz CT molecular complexity index is 517. The lowest BCUT2D eigenvalue weighted by Gasteiger charge is -2.05. The first-order valence-corrected chi connectivity index (χ1v) is 5.20. The van der Waals surface area contributed by atoms with Crippen molar-refractivity contribution < 1.29 is 5.11 Å². The lowest BCUT2D eigenvalue weighted by atomic mass is 10.1. The predicted molar refractivity (Wildman–Crippen MR) is 61.8 cm³/mol. The summed E-state index contributed by atoms with van der Waals surface area (Å²) in [5.41, 5.74) is 3.51. The first kappa shape index (κ1) is 10.8. The molecule has 0 aliphatic rings. The smallest absolute Gasteiger partial charge is 0.163 e. The van der Waals surface area contributed by atoms with Crippen molar-refractivity contribution >= 4 is 0 Å². The first-order valence-electron chi connectivity index (χ1n) is 5.20. The molecule has 1 aromatic carbocycles. The number of hydrogen-bond donors (Lipinski definition) is 1. The average molecular weight is 217 g/mol. The van der Waals surface area contributed by atoms with Crippen LogP contribution >= 0.6 is 0 Å². The molecule has 0 amide bonds. The minimum absolute atomic E-state index is 0.0889. The molecule has 1 heterocycles. The zero-order valence-electron chi connectivity index (χ0n) is 9.73. The number of aliphatic hydroxyl groups is 1. The summed E-state index contributed by atoms with van der Waals surface area (Å²) in [7, 11) is 1.86. The quantitative estimate of drug-likeness (QED) is 0.831. The van der Waals surface area contributed by atoms with Crippen LogP contribution in [0.3, 0.4) is 0 Å². The molecule has 0 saturated heterocycles. The minimum Gasteiger partial charge on any atom is -0.388 e. The van der Waals surface area contributed by atoms with Crippen LogP contribution in [0.2, 0.25) is 0 Å². The fourth-order valence-electron chi connectivity index (χ4n) is 1.63. The summed E-state index contributed by atoms with van der Waals surface area (Å²) in [4.78, 5) is 0. The maximum Gasteiger partial charge on any atom is 0.163 e. The molecule has 0 saturated carbocycles. The highest BCUT2D eigenvalue weighted by Gasteiger charge is 2.10. The van der Waals surface area contributed by atoms with Gasteiger partial charge in [0.25, 0.3) is 0 Å². The molecule has 0 atom stereocenters. The fraction of sp³-hybridized carbons (Fsp3) is 0.333. The first-order chi connectivity index (χ1) is 7.63. The van der Waals surface area contributed by atoms with Gasteiger partial charge in [0.2, 0.25) is 0 Å². The monoisotopic (exact) mass is 217 g/mol. The topological polar surface area (TPSA) is 50.9 Å². The molecule has 2 aromatic rings. The second-order valence-electron chi connectivity index (χ2n) is 3.96. The van der Waals surface area contributed by atoms with E-state index in [2.05, 4.69) is 36.2 Å². The van der Waals surface area contributed by atoms with Crippen LogP contribution in [0.25, 0.3) is 11.4 Å². The highest BCUT2D eigenvalue weighted by molar-refractivity contribution is 5.57. The number of benzene rings is 1. The fourth-order valence-corrected chi connectivity index (χ4v) is 1.63. The van der Waals surface area contributed by atoms with Gasteiger partial charge in [-0.3, -0.25) is 0 Å². The summed E-state index contributed by atoms with van der Waals surface area (Å²) in [6, 6.07) is 6.17. The van der Waals surface area contributed by atoms with Crippen LogP contribution < -0.4 is 0 Å². The molecule has 1 aromatic heterocycles. The van der Waals surface area contributed by atoms with Crippen LogP contribution in [0.5, 0.6) is 0 Å². The maximum absolute atomic E-state index is 9.05. The van der Waals surface area contributed by atoms with Crippen LogP contribution in [-0.4, -0.2) is 19.9 Å². The van der Waals surface area contributed by atoms with Gasteiger partial charge >= 0.3 is 0 Å². The Morgan fingerprint density at radius 3 is 2.50 bits per heavy atom. The van der Waals surface area contributed by atoms with Gasteiger partial charge in [-0.2, -0.15) is 0 Å². The van der Waals surface area contributed by atoms with Crippen LogP contribution in [-0.2, 0) is 13.7 Å². The van der Waals surface area contributed by atoms with Crippen molar-refractivity contribution in [3.05, 3.63) is 35.2 Å². The molecule has 4 nitrogen and oxygen atoms in total. The van der Waals surface area contributed by atoms with E-state index >= 15 is 0 Å². The normalized spacial score (nSPS) is 10.8. The van der Waals surface area contributed by atoms with Gasteiger partial charge in [-0.05, 0) is 31.0 Å². The lowest BCUT2D eigenvalue weighted by Crippen LogP contribution is -1.99. The Hall–Kier alpha value is -1.68. The molecule has 0 radical (unpaired) electrons. The molecular weight excluding hydrogens is 202 g/mol. The third kappa shape index (κ3) is 1.72. The number of aliphatic hydroxyl groups excluding tert-OH is 1. The molecule has 2 rings (SSSR count). The van der Waals surface area contributed by atoms with Gasteiger partial charge in [-0.25, -0.2) is 0 Å². The second-order valence-corrected chi connectivity index (χ2v) is 3.96. The SMILES string of the molecule is Cc1ccc(-c2nnc(CO)n2C)cc1C. The summed E-state index contributed by atoms with van der Waals surface area (Å²) < 4.78 is 1.81. The van der Waals surface area contributed by atoms with E-state index in [1.54, 1.807) is 0 Å². The Morgan fingerprint density at radius 2 is 1.94 bits per heavy atom. The van der Waals surface area contributed by atoms with Gasteiger partial charge in [0.15, 0.2) is 11.6 Å². The molecule has 0 bridgehead atoms. The summed E-state index contributed by atoms with van der Waals surface area (Å²) >= 11 is 0. The van der Waals surface area contributed by atoms with Gasteiger partial charge in [0.05, 0.1) is 0 Å². The highest BCUT2D eigenvalue weighted by Crippen LogP contribution is 2.20. The van der Waals surface area contributed by atoms with Crippen molar-refractivity contribution in [3.63, 3.8) is 0 Å². The van der Waals surface area contributed by atoms with Crippen LogP contribution in [0.1, 0.15) is 17.0 Å². The molecule has 0 spiro atoms. The molecular formula is C12H15N3O. The summed E-state index contributed by atoms with van der Waals surface area (Å²) in [5, 5.41) is 17.1. The van der Waals surface area contributed by atoms with Crippen molar-refractivity contribution in [2.45, 2.75) is 20.5 Å². The molecule has 0 aliphatic heterocycles. The average Bonchev–Trinajstić information content (AvgIpc) is 2.64. The van der Waals surface area contributed by atoms with E-state index in [1.165, 1.54) is 11.1 Å². The standard InChI is InChI=1S/C12H15N3O/c1-8-4-5-10(6-9(8)2)12-14-13-11(7-16)15(12)3/h4-6,16H,7H2,1-3H3. The zero-order valence-corrected chi connectivity index (χ0v) is 9.73. The third-order valence-corrected chi connectivity index (χ3v) is 2.87. The van der Waals surface area contributed by atoms with Crippen LogP contribution in [0.15, 0.2) is 18.2 Å². The Kier molecular flexibility index (Phi) is 2.75. The predicted octanol–water partition coefficient (Wildman–Crippen LogP) is 1.59. The van der Waals surface area contributed by atoms with E-state index in [-0.39, 0.29) is 6.61 Å². The number of rotatable bonds is 2. The molecule has 0 aliphatic carbocycles. The number of aromatic nitrogens is 3. The minimum atomic E-state index is -0.0889. The van der Waals surface area contributed by atoms with E-state index in [1.807, 2.05) is 17.7 Å². The molecule has 1 N–H and O–H groups in total. The number of nitrogens with zero attached hydrogens (tertiary/aromatic N) is 3. The van der Waals surface area contributed by atoms with E-state index in [4.69, 9.17) is 5.11 Å². The van der Waals surface area contributed by atoms with Crippen LogP contribution in [0, 0.1) is 13.8 Å². The molecule has 0 unspecified atom stereocenters. The van der Waals surface area contributed by atoms with E-state index in [0.717, 1.165) is 11.4 Å². The number of hydrogen-bond acceptors (Lipinski definition) is 3. The van der Waals surface area contributed by atoms with Gasteiger partial charge in [-0.1, -0.05) is 12.1 Å². The molecule has 0 fully saturated rings. The largest absolute Gasteiger partial charge is 0.388 e. The van der Waals surface area contributed by atoms with E-state index < -0.39 is 0 Å². The van der Waals surface area contributed by atoms with E-state index in [0.29, 0.717) is 5.82 Å². The molecule has 16 heavy (non-hydrogen) atoms. The van der Waals surface area contributed by atoms with Gasteiger partial charge in [0.1, 0.15) is 6.61 Å². The van der Waals surface area contributed by atoms with E-state index in [9.17, 15) is 0 Å². The van der Waals surface area contributed by atoms with Crippen molar-refractivity contribution in [1.29, 1.82) is 0 Å². The molecule has 84 valence electrons. The zero-order chi connectivity index (χ0) is 11.7. The summed E-state index contributed by atoms with van der Waals surface area (Å²) in [5.74, 6) is 1.36. The van der Waals surface area contributed by atoms with Gasteiger partial charge < -0.3 is 9.67 Å². The third-order valence-electron chi connectivity index (χ3n) is 2.87. The Labute approximate surface area is 94.6 Å². The van der Waals surface area contributed by atoms with Gasteiger partial charge in [0, 0.05) is 12.6 Å².